The third kappa shape index (κ3) is 2.24. The summed E-state index contributed by atoms with van der Waals surface area (Å²) in [4.78, 5) is 14.9. The van der Waals surface area contributed by atoms with Gasteiger partial charge < -0.3 is 10.0 Å². The van der Waals surface area contributed by atoms with E-state index in [2.05, 4.69) is 25.1 Å². The summed E-state index contributed by atoms with van der Waals surface area (Å²) in [5, 5.41) is 9.81. The molecule has 1 aromatic carbocycles. The third-order valence-corrected chi connectivity index (χ3v) is 4.87. The first-order valence-corrected chi connectivity index (χ1v) is 7.66. The maximum absolute atomic E-state index is 13.0. The Hall–Kier alpha value is -1.35. The molecule has 1 saturated carbocycles. The minimum Gasteiger partial charge on any atom is -0.391 e. The van der Waals surface area contributed by atoms with E-state index in [0.717, 1.165) is 44.2 Å². The Bertz CT molecular complexity index is 507. The van der Waals surface area contributed by atoms with Crippen LogP contribution >= 0.6 is 0 Å². The second kappa shape index (κ2) is 5.21. The molecule has 108 valence electrons. The molecule has 0 unspecified atom stereocenters. The molecule has 1 N–H and O–H groups in total. The smallest absolute Gasteiger partial charge is 0.233 e. The molecular formula is C17H23NO2. The van der Waals surface area contributed by atoms with Crippen molar-refractivity contribution >= 4 is 5.91 Å². The van der Waals surface area contributed by atoms with Crippen LogP contribution in [0.1, 0.15) is 43.2 Å². The predicted molar refractivity (Wildman–Crippen MR) is 78.5 cm³/mol. The normalized spacial score (nSPS) is 25.1. The molecule has 1 saturated heterocycles. The topological polar surface area (TPSA) is 40.5 Å². The minimum absolute atomic E-state index is 0.230. The number of nitrogens with zero attached hydrogens (tertiary/aromatic N) is 1. The Morgan fingerprint density at radius 3 is 2.75 bits per heavy atom. The molecular weight excluding hydrogens is 250 g/mol. The van der Waals surface area contributed by atoms with Crippen LogP contribution in [-0.2, 0) is 10.2 Å². The summed E-state index contributed by atoms with van der Waals surface area (Å²) >= 11 is 0. The van der Waals surface area contributed by atoms with E-state index in [9.17, 15) is 9.90 Å². The molecule has 3 heteroatoms. The lowest BCUT2D eigenvalue weighted by Crippen LogP contribution is -2.54. The van der Waals surface area contributed by atoms with Gasteiger partial charge in [-0.1, -0.05) is 36.2 Å². The monoisotopic (exact) mass is 273 g/mol. The van der Waals surface area contributed by atoms with Gasteiger partial charge in [0.1, 0.15) is 0 Å². The number of benzene rings is 1. The molecule has 1 aliphatic heterocycles. The van der Waals surface area contributed by atoms with Crippen molar-refractivity contribution < 1.29 is 9.90 Å². The molecule has 3 rings (SSSR count). The van der Waals surface area contributed by atoms with E-state index in [1.165, 1.54) is 5.56 Å². The highest BCUT2D eigenvalue weighted by Crippen LogP contribution is 2.45. The lowest BCUT2D eigenvalue weighted by molar-refractivity contribution is -0.144. The van der Waals surface area contributed by atoms with Crippen molar-refractivity contribution in [2.45, 2.75) is 50.5 Å². The van der Waals surface area contributed by atoms with Gasteiger partial charge in [-0.25, -0.2) is 0 Å². The maximum atomic E-state index is 13.0. The largest absolute Gasteiger partial charge is 0.391 e. The SMILES string of the molecule is Cc1cccc(C2(C(=O)N3CCC[C@H](O)C3)CCC2)c1. The molecule has 1 aromatic rings. The number of hydrogen-bond acceptors (Lipinski definition) is 2. The zero-order valence-electron chi connectivity index (χ0n) is 12.1. The van der Waals surface area contributed by atoms with Crippen LogP contribution in [0.2, 0.25) is 0 Å². The molecule has 0 bridgehead atoms. The zero-order chi connectivity index (χ0) is 14.2. The van der Waals surface area contributed by atoms with Crippen LogP contribution in [0.5, 0.6) is 0 Å². The lowest BCUT2D eigenvalue weighted by Gasteiger charge is -2.45. The molecule has 0 radical (unpaired) electrons. The number of aliphatic hydroxyl groups is 1. The number of β-amino-alcohol motifs (C(OH)–C–C–N with tert-alkyl or cyclic N) is 1. The Morgan fingerprint density at radius 1 is 1.35 bits per heavy atom. The number of carbonyl (C=O) groups is 1. The van der Waals surface area contributed by atoms with Crippen LogP contribution in [0.3, 0.4) is 0 Å². The average molecular weight is 273 g/mol. The van der Waals surface area contributed by atoms with Gasteiger partial charge in [-0.15, -0.1) is 0 Å². The molecule has 3 nitrogen and oxygen atoms in total. The Balaban J connectivity index is 1.87. The third-order valence-electron chi connectivity index (χ3n) is 4.87. The van der Waals surface area contributed by atoms with Gasteiger partial charge in [-0.2, -0.15) is 0 Å². The molecule has 1 amide bonds. The fourth-order valence-electron chi connectivity index (χ4n) is 3.54. The van der Waals surface area contributed by atoms with Crippen LogP contribution in [0.4, 0.5) is 0 Å². The number of hydrogen-bond donors (Lipinski definition) is 1. The molecule has 0 spiro atoms. The van der Waals surface area contributed by atoms with Crippen molar-refractivity contribution in [1.82, 2.24) is 4.90 Å². The zero-order valence-corrected chi connectivity index (χ0v) is 12.1. The van der Waals surface area contributed by atoms with Crippen molar-refractivity contribution in [3.05, 3.63) is 35.4 Å². The Morgan fingerprint density at radius 2 is 2.15 bits per heavy atom. The summed E-state index contributed by atoms with van der Waals surface area (Å²) in [7, 11) is 0. The highest BCUT2D eigenvalue weighted by atomic mass is 16.3. The second-order valence-electron chi connectivity index (χ2n) is 6.35. The van der Waals surface area contributed by atoms with Gasteiger partial charge in [-0.05, 0) is 38.2 Å². The number of piperidine rings is 1. The van der Waals surface area contributed by atoms with Crippen molar-refractivity contribution in [3.8, 4) is 0 Å². The van der Waals surface area contributed by atoms with E-state index in [-0.39, 0.29) is 17.4 Å². The van der Waals surface area contributed by atoms with Crippen LogP contribution in [0, 0.1) is 6.92 Å². The number of amides is 1. The fourth-order valence-corrected chi connectivity index (χ4v) is 3.54. The summed E-state index contributed by atoms with van der Waals surface area (Å²) in [6.45, 7) is 3.38. The number of aliphatic hydroxyl groups excluding tert-OH is 1. The number of carbonyl (C=O) groups excluding carboxylic acids is 1. The van der Waals surface area contributed by atoms with Crippen molar-refractivity contribution in [2.24, 2.45) is 0 Å². The van der Waals surface area contributed by atoms with Gasteiger partial charge in [-0.3, -0.25) is 4.79 Å². The molecule has 2 aliphatic rings. The average Bonchev–Trinajstić information content (AvgIpc) is 2.37. The molecule has 1 heterocycles. The van der Waals surface area contributed by atoms with E-state index in [1.54, 1.807) is 0 Å². The van der Waals surface area contributed by atoms with Gasteiger partial charge in [0.25, 0.3) is 0 Å². The van der Waals surface area contributed by atoms with Crippen LogP contribution in [0.25, 0.3) is 0 Å². The Kier molecular flexibility index (Phi) is 3.55. The summed E-state index contributed by atoms with van der Waals surface area (Å²) in [5.74, 6) is 0.230. The summed E-state index contributed by atoms with van der Waals surface area (Å²) in [5.41, 5.74) is 2.05. The van der Waals surface area contributed by atoms with Gasteiger partial charge in [0.05, 0.1) is 11.5 Å². The first-order valence-electron chi connectivity index (χ1n) is 7.66. The summed E-state index contributed by atoms with van der Waals surface area (Å²) in [6.07, 6.45) is 4.40. The van der Waals surface area contributed by atoms with Crippen molar-refractivity contribution in [3.63, 3.8) is 0 Å². The van der Waals surface area contributed by atoms with Gasteiger partial charge in [0, 0.05) is 13.1 Å². The molecule has 1 aliphatic carbocycles. The molecule has 2 fully saturated rings. The minimum atomic E-state index is -0.345. The Labute approximate surface area is 120 Å². The van der Waals surface area contributed by atoms with Crippen LogP contribution in [-0.4, -0.2) is 35.1 Å². The molecule has 0 aromatic heterocycles. The quantitative estimate of drug-likeness (QED) is 0.899. The first kappa shape index (κ1) is 13.6. The fraction of sp³-hybridized carbons (Fsp3) is 0.588. The standard InChI is InChI=1S/C17H23NO2/c1-13-5-2-6-14(11-13)17(8-4-9-17)16(20)18-10-3-7-15(19)12-18/h2,5-6,11,15,19H,3-4,7-10,12H2,1H3/t15-/m0/s1. The van der Waals surface area contributed by atoms with Crippen LogP contribution in [0.15, 0.2) is 24.3 Å². The highest BCUT2D eigenvalue weighted by molar-refractivity contribution is 5.89. The number of rotatable bonds is 2. The summed E-state index contributed by atoms with van der Waals surface area (Å²) < 4.78 is 0. The maximum Gasteiger partial charge on any atom is 0.233 e. The van der Waals surface area contributed by atoms with Crippen LogP contribution < -0.4 is 0 Å². The predicted octanol–water partition coefficient (Wildman–Crippen LogP) is 2.40. The van der Waals surface area contributed by atoms with E-state index in [0.29, 0.717) is 6.54 Å². The van der Waals surface area contributed by atoms with E-state index >= 15 is 0 Å². The number of likely N-dealkylation sites (tertiary alicyclic amines) is 1. The van der Waals surface area contributed by atoms with E-state index < -0.39 is 0 Å². The highest BCUT2D eigenvalue weighted by Gasteiger charge is 2.48. The van der Waals surface area contributed by atoms with Crippen molar-refractivity contribution in [1.29, 1.82) is 0 Å². The van der Waals surface area contributed by atoms with E-state index in [4.69, 9.17) is 0 Å². The molecule has 1 atom stereocenters. The second-order valence-corrected chi connectivity index (χ2v) is 6.35. The molecule has 20 heavy (non-hydrogen) atoms. The van der Waals surface area contributed by atoms with Crippen molar-refractivity contribution in [2.75, 3.05) is 13.1 Å². The number of aryl methyl sites for hydroxylation is 1. The summed E-state index contributed by atoms with van der Waals surface area (Å²) in [6, 6.07) is 8.36. The van der Waals surface area contributed by atoms with Gasteiger partial charge >= 0.3 is 0 Å². The van der Waals surface area contributed by atoms with Gasteiger partial charge in [0.2, 0.25) is 5.91 Å². The first-order chi connectivity index (χ1) is 9.62. The van der Waals surface area contributed by atoms with E-state index in [1.807, 2.05) is 11.0 Å². The van der Waals surface area contributed by atoms with Gasteiger partial charge in [0.15, 0.2) is 0 Å². The lowest BCUT2D eigenvalue weighted by atomic mass is 9.63.